The number of benzene rings is 2. The van der Waals surface area contributed by atoms with Gasteiger partial charge in [-0.05, 0) is 41.8 Å². The maximum absolute atomic E-state index is 12.8. The lowest BCUT2D eigenvalue weighted by Gasteiger charge is -2.11. The lowest BCUT2D eigenvalue weighted by Crippen LogP contribution is -2.36. The minimum Gasteiger partial charge on any atom is -0.493 e. The number of nitrogens with one attached hydrogen (secondary N) is 2. The van der Waals surface area contributed by atoms with E-state index < -0.39 is 0 Å². The van der Waals surface area contributed by atoms with Gasteiger partial charge in [0.15, 0.2) is 11.5 Å². The fourth-order valence-electron chi connectivity index (χ4n) is 2.21. The highest BCUT2D eigenvalue weighted by molar-refractivity contribution is 5.73. The Kier molecular flexibility index (Phi) is 6.42. The molecule has 0 aliphatic heterocycles. The van der Waals surface area contributed by atoms with Crippen LogP contribution < -0.4 is 20.1 Å². The molecule has 2 amide bonds. The zero-order chi connectivity index (χ0) is 17.4. The van der Waals surface area contributed by atoms with Gasteiger partial charge in [0, 0.05) is 13.1 Å². The molecule has 2 aromatic rings. The fraction of sp³-hybridized carbons (Fsp3) is 0.278. The Balaban J connectivity index is 1.75. The second-order valence-electron chi connectivity index (χ2n) is 5.18. The van der Waals surface area contributed by atoms with Crippen LogP contribution in [0.25, 0.3) is 0 Å². The summed E-state index contributed by atoms with van der Waals surface area (Å²) in [6, 6.07) is 11.4. The van der Waals surface area contributed by atoms with Crippen LogP contribution >= 0.6 is 0 Å². The molecule has 0 atom stereocenters. The van der Waals surface area contributed by atoms with Crippen LogP contribution in [0.4, 0.5) is 9.18 Å². The summed E-state index contributed by atoms with van der Waals surface area (Å²) in [7, 11) is 3.14. The van der Waals surface area contributed by atoms with Gasteiger partial charge in [-0.25, -0.2) is 9.18 Å². The zero-order valence-corrected chi connectivity index (χ0v) is 13.8. The molecule has 0 heterocycles. The van der Waals surface area contributed by atoms with Crippen LogP contribution in [0, 0.1) is 5.82 Å². The summed E-state index contributed by atoms with van der Waals surface area (Å²) >= 11 is 0. The van der Waals surface area contributed by atoms with Crippen molar-refractivity contribution in [1.82, 2.24) is 10.6 Å². The molecule has 0 fully saturated rings. The number of rotatable bonds is 7. The summed E-state index contributed by atoms with van der Waals surface area (Å²) in [5, 5.41) is 5.54. The molecular formula is C18H21FN2O3. The average Bonchev–Trinajstić information content (AvgIpc) is 2.61. The van der Waals surface area contributed by atoms with Gasteiger partial charge >= 0.3 is 6.03 Å². The van der Waals surface area contributed by atoms with Gasteiger partial charge in [0.25, 0.3) is 0 Å². The highest BCUT2D eigenvalue weighted by atomic mass is 19.1. The molecular weight excluding hydrogens is 311 g/mol. The van der Waals surface area contributed by atoms with Gasteiger partial charge in [-0.3, -0.25) is 0 Å². The third-order valence-corrected chi connectivity index (χ3v) is 3.51. The summed E-state index contributed by atoms with van der Waals surface area (Å²) in [6.45, 7) is 0.853. The lowest BCUT2D eigenvalue weighted by atomic mass is 10.1. The zero-order valence-electron chi connectivity index (χ0n) is 13.8. The number of urea groups is 1. The Morgan fingerprint density at radius 2 is 1.62 bits per heavy atom. The SMILES string of the molecule is COc1ccc(CNC(=O)NCCc2ccc(F)cc2)cc1OC. The van der Waals surface area contributed by atoms with Gasteiger partial charge in [-0.2, -0.15) is 0 Å². The number of amides is 2. The largest absolute Gasteiger partial charge is 0.493 e. The standard InChI is InChI=1S/C18H21FN2O3/c1-23-16-8-5-14(11-17(16)24-2)12-21-18(22)20-10-9-13-3-6-15(19)7-4-13/h3-8,11H,9-10,12H2,1-2H3,(H2,20,21,22). The van der Waals surface area contributed by atoms with Gasteiger partial charge in [0.1, 0.15) is 5.82 Å². The van der Waals surface area contributed by atoms with E-state index in [9.17, 15) is 9.18 Å². The predicted molar refractivity (Wildman–Crippen MR) is 89.9 cm³/mol. The molecule has 0 unspecified atom stereocenters. The number of methoxy groups -OCH3 is 2. The van der Waals surface area contributed by atoms with Gasteiger partial charge in [0.05, 0.1) is 14.2 Å². The Morgan fingerprint density at radius 1 is 0.958 bits per heavy atom. The van der Waals surface area contributed by atoms with Crippen molar-refractivity contribution in [2.24, 2.45) is 0 Å². The van der Waals surface area contributed by atoms with E-state index in [2.05, 4.69) is 10.6 Å². The third kappa shape index (κ3) is 5.15. The van der Waals surface area contributed by atoms with Crippen LogP contribution in [0.1, 0.15) is 11.1 Å². The Labute approximate surface area is 140 Å². The van der Waals surface area contributed by atoms with E-state index in [1.807, 2.05) is 12.1 Å². The number of carbonyl (C=O) groups excluding carboxylic acids is 1. The minimum absolute atomic E-state index is 0.258. The van der Waals surface area contributed by atoms with Crippen LogP contribution in [0.3, 0.4) is 0 Å². The van der Waals surface area contributed by atoms with Crippen molar-refractivity contribution in [3.8, 4) is 11.5 Å². The molecule has 0 saturated heterocycles. The number of halogens is 1. The van der Waals surface area contributed by atoms with Crippen molar-refractivity contribution >= 4 is 6.03 Å². The maximum Gasteiger partial charge on any atom is 0.315 e. The summed E-state index contributed by atoms with van der Waals surface area (Å²) < 4.78 is 23.2. The lowest BCUT2D eigenvalue weighted by molar-refractivity contribution is 0.240. The predicted octanol–water partition coefficient (Wildman–Crippen LogP) is 2.88. The van der Waals surface area contributed by atoms with E-state index in [1.54, 1.807) is 32.4 Å². The van der Waals surface area contributed by atoms with Crippen molar-refractivity contribution in [3.63, 3.8) is 0 Å². The molecule has 0 aliphatic carbocycles. The topological polar surface area (TPSA) is 59.6 Å². The molecule has 0 radical (unpaired) electrons. The molecule has 0 saturated carbocycles. The van der Waals surface area contributed by atoms with Crippen molar-refractivity contribution in [1.29, 1.82) is 0 Å². The molecule has 2 N–H and O–H groups in total. The van der Waals surface area contributed by atoms with E-state index >= 15 is 0 Å². The van der Waals surface area contributed by atoms with E-state index in [1.165, 1.54) is 12.1 Å². The van der Waals surface area contributed by atoms with Crippen LogP contribution in [0.15, 0.2) is 42.5 Å². The summed E-state index contributed by atoms with van der Waals surface area (Å²) in [5.41, 5.74) is 1.87. The van der Waals surface area contributed by atoms with Gasteiger partial charge < -0.3 is 20.1 Å². The Hall–Kier alpha value is -2.76. The second-order valence-corrected chi connectivity index (χ2v) is 5.18. The molecule has 2 aromatic carbocycles. The maximum atomic E-state index is 12.8. The minimum atomic E-state index is -0.264. The number of hydrogen-bond acceptors (Lipinski definition) is 3. The van der Waals surface area contributed by atoms with Crippen LogP contribution in [-0.4, -0.2) is 26.8 Å². The van der Waals surface area contributed by atoms with Gasteiger partial charge in [-0.1, -0.05) is 18.2 Å². The average molecular weight is 332 g/mol. The number of ether oxygens (including phenoxy) is 2. The molecule has 0 bridgehead atoms. The first-order valence-electron chi connectivity index (χ1n) is 7.59. The van der Waals surface area contributed by atoms with E-state index in [4.69, 9.17) is 9.47 Å². The highest BCUT2D eigenvalue weighted by Crippen LogP contribution is 2.27. The first-order chi connectivity index (χ1) is 11.6. The van der Waals surface area contributed by atoms with E-state index in [0.717, 1.165) is 11.1 Å². The summed E-state index contributed by atoms with van der Waals surface area (Å²) in [4.78, 5) is 11.8. The quantitative estimate of drug-likeness (QED) is 0.820. The monoisotopic (exact) mass is 332 g/mol. The number of carbonyl (C=O) groups is 1. The molecule has 6 heteroatoms. The highest BCUT2D eigenvalue weighted by Gasteiger charge is 2.06. The van der Waals surface area contributed by atoms with Crippen molar-refractivity contribution < 1.29 is 18.7 Å². The molecule has 0 spiro atoms. The first-order valence-corrected chi connectivity index (χ1v) is 7.59. The van der Waals surface area contributed by atoms with Crippen molar-refractivity contribution in [2.45, 2.75) is 13.0 Å². The molecule has 0 aromatic heterocycles. The van der Waals surface area contributed by atoms with Crippen LogP contribution in [0.5, 0.6) is 11.5 Å². The van der Waals surface area contributed by atoms with Crippen LogP contribution in [-0.2, 0) is 13.0 Å². The van der Waals surface area contributed by atoms with E-state index in [-0.39, 0.29) is 11.8 Å². The van der Waals surface area contributed by atoms with E-state index in [0.29, 0.717) is 31.0 Å². The summed E-state index contributed by atoms with van der Waals surface area (Å²) in [6.07, 6.45) is 0.643. The first kappa shape index (κ1) is 17.6. The molecule has 0 aliphatic rings. The molecule has 5 nitrogen and oxygen atoms in total. The smallest absolute Gasteiger partial charge is 0.315 e. The number of hydrogen-bond donors (Lipinski definition) is 2. The second kappa shape index (κ2) is 8.76. The fourth-order valence-corrected chi connectivity index (χ4v) is 2.21. The van der Waals surface area contributed by atoms with Crippen molar-refractivity contribution in [2.75, 3.05) is 20.8 Å². The van der Waals surface area contributed by atoms with Gasteiger partial charge in [0.2, 0.25) is 0 Å². The molecule has 24 heavy (non-hydrogen) atoms. The molecule has 128 valence electrons. The van der Waals surface area contributed by atoms with Gasteiger partial charge in [-0.15, -0.1) is 0 Å². The van der Waals surface area contributed by atoms with Crippen molar-refractivity contribution in [3.05, 3.63) is 59.4 Å². The Bertz CT molecular complexity index is 674. The third-order valence-electron chi connectivity index (χ3n) is 3.51. The van der Waals surface area contributed by atoms with Crippen LogP contribution in [0.2, 0.25) is 0 Å². The normalized spacial score (nSPS) is 10.1. The molecule has 2 rings (SSSR count). The summed E-state index contributed by atoms with van der Waals surface area (Å²) in [5.74, 6) is 0.998. The Morgan fingerprint density at radius 3 is 2.29 bits per heavy atom.